The van der Waals surface area contributed by atoms with Gasteiger partial charge in [0, 0.05) is 25.0 Å². The number of nitrogens with zero attached hydrogens (tertiary/aromatic N) is 4. The first-order valence-corrected chi connectivity index (χ1v) is 13.6. The maximum absolute atomic E-state index is 11.4. The van der Waals surface area contributed by atoms with E-state index in [2.05, 4.69) is 18.9 Å². The van der Waals surface area contributed by atoms with E-state index in [0.29, 0.717) is 25.0 Å². The van der Waals surface area contributed by atoms with Gasteiger partial charge in [-0.25, -0.2) is 33.7 Å². The molecule has 0 aliphatic carbocycles. The van der Waals surface area contributed by atoms with Crippen molar-refractivity contribution in [2.24, 2.45) is 0 Å². The molecule has 0 bridgehead atoms. The van der Waals surface area contributed by atoms with Gasteiger partial charge >= 0.3 is 75.4 Å². The SMILES string of the molecule is CS(=O)(=O)[N-]c1cc([N-]S(C)(=O)=O)c([N-]S(C)(=O)=O)cc1[N-]S(C)(=O)=O.[Li+].[Li+].[Li+].[Li+]. The van der Waals surface area contributed by atoms with Gasteiger partial charge in [-0.1, -0.05) is 12.1 Å². The molecule has 1 aromatic carbocycles. The maximum Gasteiger partial charge on any atom is 1.00 e. The van der Waals surface area contributed by atoms with Gasteiger partial charge in [0.2, 0.25) is 0 Å². The molecule has 30 heavy (non-hydrogen) atoms. The normalized spacial score (nSPS) is 11.3. The molecule has 0 fully saturated rings. The van der Waals surface area contributed by atoms with E-state index in [9.17, 15) is 33.7 Å². The Morgan fingerprint density at radius 1 is 0.433 bits per heavy atom. The molecule has 1 rings (SSSR count). The van der Waals surface area contributed by atoms with Crippen LogP contribution in [0.2, 0.25) is 0 Å². The van der Waals surface area contributed by atoms with Gasteiger partial charge < -0.3 is 18.9 Å². The minimum Gasteiger partial charge on any atom is -0.578 e. The molecule has 0 amide bonds. The number of benzene rings is 1. The second-order valence-corrected chi connectivity index (χ2v) is 11.7. The van der Waals surface area contributed by atoms with Crippen molar-refractivity contribution < 1.29 is 109 Å². The van der Waals surface area contributed by atoms with E-state index in [1.165, 1.54) is 0 Å². The van der Waals surface area contributed by atoms with E-state index in [0.717, 1.165) is 12.1 Å². The number of hydrogen-bond acceptors (Lipinski definition) is 8. The summed E-state index contributed by atoms with van der Waals surface area (Å²) in [4.78, 5) is 0. The molecule has 12 nitrogen and oxygen atoms in total. The maximum atomic E-state index is 11.4. The van der Waals surface area contributed by atoms with Crippen molar-refractivity contribution in [1.82, 2.24) is 0 Å². The first-order valence-electron chi connectivity index (χ1n) is 6.25. The van der Waals surface area contributed by atoms with Crippen LogP contribution in [0.25, 0.3) is 18.9 Å². The fourth-order valence-corrected chi connectivity index (χ4v) is 3.58. The van der Waals surface area contributed by atoms with Crippen molar-refractivity contribution in [1.29, 1.82) is 0 Å². The summed E-state index contributed by atoms with van der Waals surface area (Å²) in [5, 5.41) is 0. The smallest absolute Gasteiger partial charge is 0.578 e. The van der Waals surface area contributed by atoms with E-state index in [1.54, 1.807) is 0 Å². The predicted octanol–water partition coefficient (Wildman–Crippen LogP) is -10.4. The zero-order valence-corrected chi connectivity index (χ0v) is 21.1. The summed E-state index contributed by atoms with van der Waals surface area (Å²) in [5.74, 6) is 0. The van der Waals surface area contributed by atoms with Crippen molar-refractivity contribution in [3.8, 4) is 0 Å². The first-order chi connectivity index (χ1) is 11.3. The Bertz CT molecular complexity index is 960. The Kier molecular flexibility index (Phi) is 16.9. The molecule has 20 heteroatoms. The summed E-state index contributed by atoms with van der Waals surface area (Å²) in [6.45, 7) is 0. The van der Waals surface area contributed by atoms with Crippen LogP contribution in [0, 0.1) is 0 Å². The van der Waals surface area contributed by atoms with Gasteiger partial charge in [0.25, 0.3) is 0 Å². The third-order valence-electron chi connectivity index (χ3n) is 2.13. The minimum atomic E-state index is -4.03. The van der Waals surface area contributed by atoms with Gasteiger partial charge in [-0.3, -0.25) is 0 Å². The zero-order valence-electron chi connectivity index (χ0n) is 17.8. The van der Waals surface area contributed by atoms with Crippen LogP contribution < -0.4 is 75.4 Å². The largest absolute Gasteiger partial charge is 1.00 e. The van der Waals surface area contributed by atoms with Crippen LogP contribution in [0.3, 0.4) is 0 Å². The molecule has 0 N–H and O–H groups in total. The van der Waals surface area contributed by atoms with Crippen LogP contribution in [0.1, 0.15) is 0 Å². The van der Waals surface area contributed by atoms with Gasteiger partial charge in [-0.2, -0.15) is 0 Å². The average molecular weight is 474 g/mol. The van der Waals surface area contributed by atoms with E-state index >= 15 is 0 Å². The van der Waals surface area contributed by atoms with Gasteiger partial charge in [0.05, 0.1) is 40.1 Å². The summed E-state index contributed by atoms with van der Waals surface area (Å²) in [6, 6.07) is 1.52. The zero-order chi connectivity index (χ0) is 20.6. The quantitative estimate of drug-likeness (QED) is 0.331. The topological polar surface area (TPSA) is 193 Å². The van der Waals surface area contributed by atoms with Crippen LogP contribution in [0.15, 0.2) is 12.1 Å². The van der Waals surface area contributed by atoms with Crippen LogP contribution in [0.5, 0.6) is 0 Å². The van der Waals surface area contributed by atoms with Crippen LogP contribution in [0.4, 0.5) is 22.7 Å². The molecule has 0 aliphatic heterocycles. The Morgan fingerprint density at radius 3 is 0.667 bits per heavy atom. The Hall–Kier alpha value is 0.610. The summed E-state index contributed by atoms with van der Waals surface area (Å²) < 4.78 is 104. The second-order valence-electron chi connectivity index (χ2n) is 5.13. The Morgan fingerprint density at radius 2 is 0.567 bits per heavy atom. The molecular weight excluding hydrogens is 460 g/mol. The van der Waals surface area contributed by atoms with E-state index in [4.69, 9.17) is 0 Å². The van der Waals surface area contributed by atoms with Crippen LogP contribution >= 0.6 is 0 Å². The molecule has 0 aliphatic rings. The predicted molar refractivity (Wildman–Crippen MR) is 97.9 cm³/mol. The van der Waals surface area contributed by atoms with E-state index in [-0.39, 0.29) is 75.4 Å². The van der Waals surface area contributed by atoms with Crippen molar-refractivity contribution in [3.05, 3.63) is 31.0 Å². The van der Waals surface area contributed by atoms with Crippen LogP contribution in [-0.4, -0.2) is 58.7 Å². The number of hydrogen-bond donors (Lipinski definition) is 0. The molecule has 1 aromatic rings. The Labute approximate surface area is 225 Å². The third kappa shape index (κ3) is 16.3. The fraction of sp³-hybridized carbons (Fsp3) is 0.400. The van der Waals surface area contributed by atoms with Crippen molar-refractivity contribution in [2.45, 2.75) is 0 Å². The van der Waals surface area contributed by atoms with Crippen molar-refractivity contribution in [2.75, 3.05) is 25.0 Å². The molecule has 0 heterocycles. The van der Waals surface area contributed by atoms with E-state index < -0.39 is 62.8 Å². The summed E-state index contributed by atoms with van der Waals surface area (Å²) in [6.07, 6.45) is 2.83. The molecule has 0 saturated carbocycles. The third-order valence-corrected chi connectivity index (χ3v) is 4.24. The molecule has 150 valence electrons. The average Bonchev–Trinajstić information content (AvgIpc) is 2.26. The fourth-order valence-electron chi connectivity index (χ4n) is 1.56. The molecule has 0 spiro atoms. The van der Waals surface area contributed by atoms with Crippen molar-refractivity contribution in [3.63, 3.8) is 0 Å². The van der Waals surface area contributed by atoms with E-state index in [1.807, 2.05) is 0 Å². The van der Waals surface area contributed by atoms with Crippen molar-refractivity contribution >= 4 is 62.8 Å². The summed E-state index contributed by atoms with van der Waals surface area (Å²) in [5.41, 5.74) is -2.19. The molecule has 0 atom stereocenters. The second kappa shape index (κ2) is 13.3. The number of sulfonamides is 4. The van der Waals surface area contributed by atoms with Gasteiger partial charge in [-0.15, -0.1) is 22.7 Å². The Balaban J connectivity index is -0.000000845. The number of rotatable bonds is 8. The molecular formula is C10H14Li4N4O8S4. The van der Waals surface area contributed by atoms with Gasteiger partial charge in [-0.05, 0) is 0 Å². The molecule has 0 unspecified atom stereocenters. The van der Waals surface area contributed by atoms with Crippen LogP contribution in [-0.2, 0) is 40.1 Å². The minimum absolute atomic E-state index is 0. The standard InChI is InChI=1S/C10H14N4O8S4.4Li/c1-23(15,16)11-7-5-9(13-25(3,19)20)10(14-26(4,21)22)6-8(7)12-24(2,17)18;;;;/h5-6H,1-4H3;;;;/q-4;4*+1. The summed E-state index contributed by atoms with van der Waals surface area (Å²) >= 11 is 0. The molecule has 0 radical (unpaired) electrons. The van der Waals surface area contributed by atoms with Gasteiger partial charge in [0.1, 0.15) is 0 Å². The molecule has 0 aromatic heterocycles. The summed E-state index contributed by atoms with van der Waals surface area (Å²) in [7, 11) is -16.1. The first kappa shape index (κ1) is 37.9. The van der Waals surface area contributed by atoms with Gasteiger partial charge in [0.15, 0.2) is 0 Å². The molecule has 0 saturated heterocycles. The monoisotopic (exact) mass is 474 g/mol.